The van der Waals surface area contributed by atoms with E-state index in [0.29, 0.717) is 39.6 Å². The molecule has 0 saturated carbocycles. The zero-order chi connectivity index (χ0) is 10.5. The van der Waals surface area contributed by atoms with E-state index in [9.17, 15) is 0 Å². The van der Waals surface area contributed by atoms with E-state index < -0.39 is 0 Å². The molecule has 6 nitrogen and oxygen atoms in total. The van der Waals surface area contributed by atoms with Gasteiger partial charge in [-0.3, -0.25) is 0 Å². The van der Waals surface area contributed by atoms with E-state index in [0.717, 1.165) is 0 Å². The first-order valence-electron chi connectivity index (χ1n) is 4.53. The summed E-state index contributed by atoms with van der Waals surface area (Å²) < 4.78 is 9.82. The molecule has 0 radical (unpaired) electrons. The van der Waals surface area contributed by atoms with E-state index in [1.54, 1.807) is 0 Å². The molecule has 7 heteroatoms. The van der Waals surface area contributed by atoms with Crippen molar-refractivity contribution in [3.05, 3.63) is 0 Å². The van der Waals surface area contributed by atoms with Crippen LogP contribution in [-0.2, 0) is 19.2 Å². The van der Waals surface area contributed by atoms with E-state index in [2.05, 4.69) is 0 Å². The number of rotatable bonds is 11. The van der Waals surface area contributed by atoms with Gasteiger partial charge < -0.3 is 19.7 Å². The fourth-order valence-corrected chi connectivity index (χ4v) is 0.637. The van der Waals surface area contributed by atoms with Gasteiger partial charge in [-0.2, -0.15) is 0 Å². The van der Waals surface area contributed by atoms with Crippen molar-refractivity contribution in [1.29, 1.82) is 0 Å². The summed E-state index contributed by atoms with van der Waals surface area (Å²) in [6.07, 6.45) is 0. The van der Waals surface area contributed by atoms with Gasteiger partial charge in [0.25, 0.3) is 0 Å². The second-order valence-electron chi connectivity index (χ2n) is 2.32. The summed E-state index contributed by atoms with van der Waals surface area (Å²) in [6, 6.07) is 0. The first-order chi connectivity index (χ1) is 6.91. The number of aliphatic hydroxyl groups is 2. The minimum atomic E-state index is 0. The molecule has 0 aliphatic rings. The number of aliphatic hydroxyl groups excluding tert-OH is 2. The molecule has 0 fully saturated rings. The number of hydrogen-bond donors (Lipinski definition) is 2. The summed E-state index contributed by atoms with van der Waals surface area (Å²) in [5, 5.41) is 16.7. The van der Waals surface area contributed by atoms with Crippen LogP contribution < -0.4 is 0 Å². The molecular formula is C8H19NaO6. The third-order valence-electron chi connectivity index (χ3n) is 1.18. The van der Waals surface area contributed by atoms with Gasteiger partial charge in [-0.05, 0) is 0 Å². The van der Waals surface area contributed by atoms with Gasteiger partial charge in [0, 0.05) is 0 Å². The van der Waals surface area contributed by atoms with Gasteiger partial charge in [0.05, 0.1) is 39.6 Å². The van der Waals surface area contributed by atoms with E-state index in [4.69, 9.17) is 29.5 Å². The van der Waals surface area contributed by atoms with Crippen molar-refractivity contribution in [2.24, 2.45) is 0 Å². The van der Waals surface area contributed by atoms with Gasteiger partial charge >= 0.3 is 29.6 Å². The second kappa shape index (κ2) is 17.2. The van der Waals surface area contributed by atoms with E-state index in [-0.39, 0.29) is 42.8 Å². The van der Waals surface area contributed by atoms with Gasteiger partial charge in [0.2, 0.25) is 0 Å². The average molecular weight is 234 g/mol. The minimum absolute atomic E-state index is 0. The van der Waals surface area contributed by atoms with E-state index in [1.807, 2.05) is 0 Å². The van der Waals surface area contributed by atoms with Gasteiger partial charge in [0.15, 0.2) is 0 Å². The quantitative estimate of drug-likeness (QED) is 0.192. The van der Waals surface area contributed by atoms with Gasteiger partial charge in [-0.15, -0.1) is 0 Å². The zero-order valence-electron chi connectivity index (χ0n) is 8.18. The SMILES string of the molecule is OCCOCCOOCCOCCO.[NaH]. The Balaban J connectivity index is 0. The Bertz CT molecular complexity index is 93.1. The Morgan fingerprint density at radius 1 is 0.600 bits per heavy atom. The maximum absolute atomic E-state index is 8.36. The van der Waals surface area contributed by atoms with Crippen molar-refractivity contribution in [2.45, 2.75) is 0 Å². The maximum atomic E-state index is 8.36. The van der Waals surface area contributed by atoms with Crippen LogP contribution in [0, 0.1) is 0 Å². The molecule has 0 heterocycles. The standard InChI is InChI=1S/C8H18O6.Na.H/c9-1-3-11-5-7-13-14-8-6-12-4-2-10;;/h9-10H,1-8H2;;. The Kier molecular flexibility index (Phi) is 20.8. The van der Waals surface area contributed by atoms with Crippen LogP contribution in [0.25, 0.3) is 0 Å². The molecule has 0 unspecified atom stereocenters. The van der Waals surface area contributed by atoms with Gasteiger partial charge in [-0.25, -0.2) is 9.78 Å². The Morgan fingerprint density at radius 2 is 1.00 bits per heavy atom. The molecule has 0 aromatic rings. The van der Waals surface area contributed by atoms with Crippen molar-refractivity contribution in [2.75, 3.05) is 52.9 Å². The molecular weight excluding hydrogens is 215 g/mol. The molecule has 0 aliphatic carbocycles. The third-order valence-corrected chi connectivity index (χ3v) is 1.18. The average Bonchev–Trinajstić information content (AvgIpc) is 2.21. The predicted molar refractivity (Wildman–Crippen MR) is 54.9 cm³/mol. The summed E-state index contributed by atoms with van der Waals surface area (Å²) in [5.41, 5.74) is 0. The predicted octanol–water partition coefficient (Wildman–Crippen LogP) is -1.70. The van der Waals surface area contributed by atoms with Crippen LogP contribution in [-0.4, -0.2) is 92.6 Å². The van der Waals surface area contributed by atoms with Crippen molar-refractivity contribution in [1.82, 2.24) is 0 Å². The molecule has 0 aliphatic heterocycles. The molecule has 0 aromatic heterocycles. The molecule has 0 saturated heterocycles. The molecule has 88 valence electrons. The Hall–Kier alpha value is 0.760. The first kappa shape index (κ1) is 18.1. The summed E-state index contributed by atoms with van der Waals surface area (Å²) in [5.74, 6) is 0. The van der Waals surface area contributed by atoms with E-state index >= 15 is 0 Å². The number of ether oxygens (including phenoxy) is 2. The van der Waals surface area contributed by atoms with Crippen molar-refractivity contribution in [3.8, 4) is 0 Å². The normalized spacial score (nSPS) is 10.0. The topological polar surface area (TPSA) is 77.4 Å². The Labute approximate surface area is 112 Å². The van der Waals surface area contributed by atoms with Gasteiger partial charge in [0.1, 0.15) is 13.2 Å². The summed E-state index contributed by atoms with van der Waals surface area (Å²) in [6.45, 7) is 2.05. The molecule has 0 atom stereocenters. The molecule has 0 rings (SSSR count). The van der Waals surface area contributed by atoms with Crippen LogP contribution in [0.15, 0.2) is 0 Å². The molecule has 0 spiro atoms. The van der Waals surface area contributed by atoms with E-state index in [1.165, 1.54) is 0 Å². The fraction of sp³-hybridized carbons (Fsp3) is 1.00. The molecule has 0 bridgehead atoms. The summed E-state index contributed by atoms with van der Waals surface area (Å²) in [4.78, 5) is 9.42. The molecule has 0 aromatic carbocycles. The monoisotopic (exact) mass is 234 g/mol. The van der Waals surface area contributed by atoms with Crippen molar-refractivity contribution in [3.63, 3.8) is 0 Å². The van der Waals surface area contributed by atoms with Crippen LogP contribution in [0.2, 0.25) is 0 Å². The fourth-order valence-electron chi connectivity index (χ4n) is 0.637. The second-order valence-corrected chi connectivity index (χ2v) is 2.32. The number of hydrogen-bond acceptors (Lipinski definition) is 6. The van der Waals surface area contributed by atoms with Crippen molar-refractivity contribution >= 4 is 29.6 Å². The van der Waals surface area contributed by atoms with Crippen LogP contribution >= 0.6 is 0 Å². The van der Waals surface area contributed by atoms with Gasteiger partial charge in [-0.1, -0.05) is 0 Å². The summed E-state index contributed by atoms with van der Waals surface area (Å²) in [7, 11) is 0. The van der Waals surface area contributed by atoms with Crippen LogP contribution in [0.3, 0.4) is 0 Å². The van der Waals surface area contributed by atoms with Crippen LogP contribution in [0.1, 0.15) is 0 Å². The van der Waals surface area contributed by atoms with Crippen LogP contribution in [0.5, 0.6) is 0 Å². The first-order valence-corrected chi connectivity index (χ1v) is 4.53. The molecule has 15 heavy (non-hydrogen) atoms. The van der Waals surface area contributed by atoms with Crippen molar-refractivity contribution < 1.29 is 29.5 Å². The third kappa shape index (κ3) is 17.4. The Morgan fingerprint density at radius 3 is 1.33 bits per heavy atom. The zero-order valence-corrected chi connectivity index (χ0v) is 8.18. The van der Waals surface area contributed by atoms with Crippen LogP contribution in [0.4, 0.5) is 0 Å². The molecule has 0 amide bonds. The summed E-state index contributed by atoms with van der Waals surface area (Å²) >= 11 is 0. The molecule has 2 N–H and O–H groups in total.